The molecule has 1 aromatic carbocycles. The van der Waals surface area contributed by atoms with Gasteiger partial charge in [0.25, 0.3) is 0 Å². The molecule has 1 atom stereocenters. The molecule has 1 fully saturated rings. The molecule has 0 heterocycles. The molecular weight excluding hydrogens is 515 g/mol. The number of carboxylic acid groups (broad SMARTS) is 1. The first-order valence-electron chi connectivity index (χ1n) is 13.0. The maximum atomic E-state index is 13.2. The number of rotatable bonds is 15. The molecule has 1 aliphatic rings. The van der Waals surface area contributed by atoms with Crippen LogP contribution in [0.1, 0.15) is 63.9 Å². The number of unbranched alkanes of at least 4 members (excludes halogenated alkanes) is 1. The van der Waals surface area contributed by atoms with Crippen LogP contribution in [0.2, 0.25) is 0 Å². The smallest absolute Gasteiger partial charge is 0.453 e. The van der Waals surface area contributed by atoms with Crippen LogP contribution in [0.4, 0.5) is 26.7 Å². The monoisotopic (exact) mass is 552 g/mol. The second-order valence-electron chi connectivity index (χ2n) is 9.41. The van der Waals surface area contributed by atoms with E-state index in [2.05, 4.69) is 5.32 Å². The molecule has 0 saturated heterocycles. The van der Waals surface area contributed by atoms with Crippen LogP contribution >= 0.6 is 0 Å². The van der Waals surface area contributed by atoms with Crippen molar-refractivity contribution in [2.45, 2.75) is 89.0 Å². The van der Waals surface area contributed by atoms with Crippen LogP contribution in [0.5, 0.6) is 5.75 Å². The van der Waals surface area contributed by atoms with Crippen molar-refractivity contribution in [3.63, 3.8) is 0 Å². The van der Waals surface area contributed by atoms with Crippen molar-refractivity contribution in [2.75, 3.05) is 26.3 Å². The predicted octanol–water partition coefficient (Wildman–Crippen LogP) is 5.81. The summed E-state index contributed by atoms with van der Waals surface area (Å²) in [5.74, 6) is -5.33. The van der Waals surface area contributed by atoms with Gasteiger partial charge in [0, 0.05) is 32.0 Å². The lowest BCUT2D eigenvalue weighted by Gasteiger charge is -2.28. The number of halogens is 5. The summed E-state index contributed by atoms with van der Waals surface area (Å²) >= 11 is 0. The minimum absolute atomic E-state index is 0.00749. The third-order valence-electron chi connectivity index (χ3n) is 6.42. The number of carbonyl (C=O) groups is 2. The minimum Gasteiger partial charge on any atom is -0.492 e. The Morgan fingerprint density at radius 2 is 1.71 bits per heavy atom. The number of nitrogens with one attached hydrogen (secondary N) is 1. The molecule has 0 aromatic heterocycles. The summed E-state index contributed by atoms with van der Waals surface area (Å²) in [5, 5.41) is 12.2. The molecule has 38 heavy (non-hydrogen) atoms. The Morgan fingerprint density at radius 1 is 1.05 bits per heavy atom. The lowest BCUT2D eigenvalue weighted by Crippen LogP contribution is -2.47. The van der Waals surface area contributed by atoms with Crippen LogP contribution in [0.25, 0.3) is 0 Å². The molecule has 7 nitrogen and oxygen atoms in total. The lowest BCUT2D eigenvalue weighted by atomic mass is 9.96. The van der Waals surface area contributed by atoms with Crippen molar-refractivity contribution in [2.24, 2.45) is 0 Å². The zero-order valence-electron chi connectivity index (χ0n) is 21.6. The van der Waals surface area contributed by atoms with Crippen LogP contribution in [0.15, 0.2) is 24.3 Å². The summed E-state index contributed by atoms with van der Waals surface area (Å²) < 4.78 is 74.6. The third kappa shape index (κ3) is 10.6. The highest BCUT2D eigenvalue weighted by Crippen LogP contribution is 2.39. The van der Waals surface area contributed by atoms with Crippen LogP contribution in [0, 0.1) is 0 Å². The van der Waals surface area contributed by atoms with Gasteiger partial charge in [-0.15, -0.1) is 0 Å². The Balaban J connectivity index is 1.90. The Bertz CT molecular complexity index is 861. The number of urea groups is 1. The maximum Gasteiger partial charge on any atom is 0.453 e. The van der Waals surface area contributed by atoms with Crippen molar-refractivity contribution >= 4 is 12.0 Å². The number of ether oxygens (including phenoxy) is 2. The minimum atomic E-state index is -5.59. The van der Waals surface area contributed by atoms with E-state index >= 15 is 0 Å². The first-order chi connectivity index (χ1) is 17.9. The van der Waals surface area contributed by atoms with Gasteiger partial charge in [-0.3, -0.25) is 0 Å². The molecule has 0 spiro atoms. The van der Waals surface area contributed by atoms with Crippen molar-refractivity contribution in [3.8, 4) is 5.75 Å². The van der Waals surface area contributed by atoms with E-state index in [0.717, 1.165) is 37.7 Å². The molecule has 2 N–H and O–H groups in total. The summed E-state index contributed by atoms with van der Waals surface area (Å²) in [7, 11) is 0. The highest BCUT2D eigenvalue weighted by molar-refractivity contribution is 5.74. The van der Waals surface area contributed by atoms with Crippen molar-refractivity contribution < 1.29 is 46.1 Å². The van der Waals surface area contributed by atoms with Gasteiger partial charge in [0.15, 0.2) is 6.10 Å². The number of hydrogen-bond acceptors (Lipinski definition) is 4. The fourth-order valence-electron chi connectivity index (χ4n) is 4.25. The molecule has 2 amide bonds. The van der Waals surface area contributed by atoms with Crippen molar-refractivity contribution in [1.82, 2.24) is 10.2 Å². The van der Waals surface area contributed by atoms with E-state index < -0.39 is 36.6 Å². The number of aliphatic carboxylic acids is 1. The fourth-order valence-corrected chi connectivity index (χ4v) is 4.25. The number of amides is 2. The van der Waals surface area contributed by atoms with E-state index in [0.29, 0.717) is 5.75 Å². The topological polar surface area (TPSA) is 88.1 Å². The summed E-state index contributed by atoms with van der Waals surface area (Å²) in [5.41, 5.74) is 0.738. The predicted molar refractivity (Wildman–Crippen MR) is 131 cm³/mol. The second kappa shape index (κ2) is 15.1. The van der Waals surface area contributed by atoms with Crippen LogP contribution in [-0.4, -0.2) is 72.6 Å². The number of hydrogen-bond donors (Lipinski definition) is 2. The Labute approximate surface area is 219 Å². The molecule has 1 unspecified atom stereocenters. The van der Waals surface area contributed by atoms with Gasteiger partial charge >= 0.3 is 24.1 Å². The van der Waals surface area contributed by atoms with Gasteiger partial charge in [0.2, 0.25) is 0 Å². The zero-order valence-corrected chi connectivity index (χ0v) is 21.6. The largest absolute Gasteiger partial charge is 0.492 e. The van der Waals surface area contributed by atoms with E-state index in [-0.39, 0.29) is 51.6 Å². The third-order valence-corrected chi connectivity index (χ3v) is 6.42. The van der Waals surface area contributed by atoms with Gasteiger partial charge in [-0.25, -0.2) is 9.59 Å². The van der Waals surface area contributed by atoms with Crippen molar-refractivity contribution in [1.29, 1.82) is 0 Å². The quantitative estimate of drug-likeness (QED) is 0.212. The van der Waals surface area contributed by atoms with E-state index in [4.69, 9.17) is 9.47 Å². The van der Waals surface area contributed by atoms with Gasteiger partial charge in [-0.05, 0) is 50.3 Å². The number of benzene rings is 1. The highest BCUT2D eigenvalue weighted by Gasteiger charge is 2.56. The van der Waals surface area contributed by atoms with Gasteiger partial charge in [0.1, 0.15) is 12.4 Å². The summed E-state index contributed by atoms with van der Waals surface area (Å²) in [6.45, 7) is 2.19. The molecule has 0 aliphatic heterocycles. The first kappa shape index (κ1) is 31.6. The van der Waals surface area contributed by atoms with Gasteiger partial charge in [-0.2, -0.15) is 22.0 Å². The first-order valence-corrected chi connectivity index (χ1v) is 13.0. The molecule has 1 saturated carbocycles. The number of carbonyl (C=O) groups excluding carboxylic acids is 1. The van der Waals surface area contributed by atoms with E-state index in [1.807, 2.05) is 0 Å². The average Bonchev–Trinajstić information content (AvgIpc) is 2.86. The molecule has 216 valence electrons. The Morgan fingerprint density at radius 3 is 2.29 bits per heavy atom. The van der Waals surface area contributed by atoms with E-state index in [1.54, 1.807) is 31.2 Å². The van der Waals surface area contributed by atoms with Crippen LogP contribution < -0.4 is 10.1 Å². The van der Waals surface area contributed by atoms with E-state index in [1.165, 1.54) is 4.90 Å². The number of alkyl halides is 5. The standard InChI is InChI=1S/C26H37F5N2O5/c1-2-37-22(23(34)35)18-19-10-12-21(13-11-19)38-17-16-33(24(36)32-20-8-4-3-5-9-20)15-7-6-14-25(27,28)26(29,30)31/h10-13,20,22H,2-9,14-18H2,1H3,(H,32,36)(H,34,35). The van der Waals surface area contributed by atoms with E-state index in [9.17, 15) is 36.6 Å². The highest BCUT2D eigenvalue weighted by atomic mass is 19.4. The Hall–Kier alpha value is -2.63. The van der Waals surface area contributed by atoms with Crippen LogP contribution in [0.3, 0.4) is 0 Å². The summed E-state index contributed by atoms with van der Waals surface area (Å²) in [6.07, 6.45) is -3.33. The SMILES string of the molecule is CCOC(Cc1ccc(OCCN(CCCCC(F)(F)C(F)(F)F)C(=O)NC2CCCCC2)cc1)C(=O)O. The molecule has 12 heteroatoms. The lowest BCUT2D eigenvalue weighted by molar-refractivity contribution is -0.284. The molecule has 1 aliphatic carbocycles. The average molecular weight is 553 g/mol. The molecule has 0 radical (unpaired) electrons. The molecular formula is C26H37F5N2O5. The fraction of sp³-hybridized carbons (Fsp3) is 0.692. The zero-order chi connectivity index (χ0) is 28.2. The maximum absolute atomic E-state index is 13.2. The summed E-state index contributed by atoms with van der Waals surface area (Å²) in [4.78, 5) is 25.5. The van der Waals surface area contributed by atoms with Gasteiger partial charge in [0.05, 0.1) is 6.54 Å². The van der Waals surface area contributed by atoms with Crippen LogP contribution in [-0.2, 0) is 16.0 Å². The van der Waals surface area contributed by atoms with Gasteiger partial charge < -0.3 is 24.8 Å². The Kier molecular flexibility index (Phi) is 12.5. The molecule has 1 aromatic rings. The summed E-state index contributed by atoms with van der Waals surface area (Å²) in [6, 6.07) is 6.34. The molecule has 2 rings (SSSR count). The normalized spacial score (nSPS) is 15.6. The van der Waals surface area contributed by atoms with Gasteiger partial charge in [-0.1, -0.05) is 31.4 Å². The number of carboxylic acids is 1. The second-order valence-corrected chi connectivity index (χ2v) is 9.41. The molecule has 0 bridgehead atoms. The number of nitrogens with zero attached hydrogens (tertiary/aromatic N) is 1. The van der Waals surface area contributed by atoms with Crippen molar-refractivity contribution in [3.05, 3.63) is 29.8 Å².